The lowest BCUT2D eigenvalue weighted by Crippen LogP contribution is -2.14. The van der Waals surface area contributed by atoms with Gasteiger partial charge < -0.3 is 14.6 Å². The third-order valence-electron chi connectivity index (χ3n) is 6.00. The predicted octanol–water partition coefficient (Wildman–Crippen LogP) is 7.35. The number of rotatable bonds is 9. The van der Waals surface area contributed by atoms with Crippen molar-refractivity contribution >= 4 is 5.97 Å². The Morgan fingerprint density at radius 2 is 1.76 bits per heavy atom. The van der Waals surface area contributed by atoms with Crippen LogP contribution in [0.4, 0.5) is 4.39 Å². The van der Waals surface area contributed by atoms with E-state index in [4.69, 9.17) is 9.47 Å². The quantitative estimate of drug-likeness (QED) is 0.360. The van der Waals surface area contributed by atoms with Crippen molar-refractivity contribution in [3.63, 3.8) is 0 Å². The van der Waals surface area contributed by atoms with E-state index in [1.807, 2.05) is 43.3 Å². The molecule has 34 heavy (non-hydrogen) atoms. The molecule has 0 aromatic heterocycles. The molecule has 4 nitrogen and oxygen atoms in total. The highest BCUT2D eigenvalue weighted by Gasteiger charge is 2.22. The number of ether oxygens (including phenoxy) is 2. The molecule has 0 amide bonds. The standard InChI is InChI=1S/C29H33FO4/c1-6-20(16-28(31)32)21-8-7-9-23(15-21)34-18-19-10-12-24(26(14-19)29(2,3)4)25-17-22(33-5)11-13-27(25)30/h7-15,17,20H,6,16,18H2,1-5H3,(H,31,32)/t20-/m1/s1. The van der Waals surface area contributed by atoms with Gasteiger partial charge in [0.25, 0.3) is 0 Å². The average molecular weight is 465 g/mol. The van der Waals surface area contributed by atoms with E-state index in [0.717, 1.165) is 28.7 Å². The molecule has 3 aromatic carbocycles. The monoisotopic (exact) mass is 464 g/mol. The van der Waals surface area contributed by atoms with Gasteiger partial charge in [-0.05, 0) is 70.3 Å². The van der Waals surface area contributed by atoms with Gasteiger partial charge in [-0.3, -0.25) is 4.79 Å². The Balaban J connectivity index is 1.87. The minimum atomic E-state index is -0.805. The van der Waals surface area contributed by atoms with Crippen LogP contribution in [0.15, 0.2) is 60.7 Å². The van der Waals surface area contributed by atoms with Crippen molar-refractivity contribution in [1.29, 1.82) is 0 Å². The Labute approximate surface area is 201 Å². The number of carboxylic acid groups (broad SMARTS) is 1. The van der Waals surface area contributed by atoms with Crippen LogP contribution in [0.2, 0.25) is 0 Å². The first-order chi connectivity index (χ1) is 16.1. The Morgan fingerprint density at radius 3 is 2.41 bits per heavy atom. The Hall–Kier alpha value is -3.34. The number of benzene rings is 3. The summed E-state index contributed by atoms with van der Waals surface area (Å²) in [5.74, 6) is 0.156. The Kier molecular flexibility index (Phi) is 7.98. The molecule has 3 aromatic rings. The number of carbonyl (C=O) groups is 1. The van der Waals surface area contributed by atoms with E-state index in [1.54, 1.807) is 19.2 Å². The van der Waals surface area contributed by atoms with E-state index < -0.39 is 5.97 Å². The van der Waals surface area contributed by atoms with E-state index in [-0.39, 0.29) is 23.6 Å². The first-order valence-electron chi connectivity index (χ1n) is 11.5. The zero-order valence-corrected chi connectivity index (χ0v) is 20.5. The van der Waals surface area contributed by atoms with Crippen LogP contribution in [0.3, 0.4) is 0 Å². The molecule has 0 unspecified atom stereocenters. The molecule has 0 fully saturated rings. The van der Waals surface area contributed by atoms with Crippen LogP contribution in [-0.4, -0.2) is 18.2 Å². The van der Waals surface area contributed by atoms with Gasteiger partial charge >= 0.3 is 5.97 Å². The smallest absolute Gasteiger partial charge is 0.303 e. The number of hydrogen-bond acceptors (Lipinski definition) is 3. The molecule has 0 bridgehead atoms. The van der Waals surface area contributed by atoms with Crippen LogP contribution in [0, 0.1) is 5.82 Å². The summed E-state index contributed by atoms with van der Waals surface area (Å²) in [6.07, 6.45) is 0.837. The average Bonchev–Trinajstić information content (AvgIpc) is 2.81. The van der Waals surface area contributed by atoms with Crippen molar-refractivity contribution in [3.05, 3.63) is 83.2 Å². The molecule has 0 aliphatic rings. The maximum Gasteiger partial charge on any atom is 0.303 e. The Morgan fingerprint density at radius 1 is 1.00 bits per heavy atom. The fourth-order valence-electron chi connectivity index (χ4n) is 4.11. The van der Waals surface area contributed by atoms with Gasteiger partial charge in [-0.1, -0.05) is 58.0 Å². The number of aliphatic carboxylic acids is 1. The van der Waals surface area contributed by atoms with E-state index in [9.17, 15) is 14.3 Å². The molecule has 3 rings (SSSR count). The topological polar surface area (TPSA) is 55.8 Å². The predicted molar refractivity (Wildman–Crippen MR) is 133 cm³/mol. The Bertz CT molecular complexity index is 1150. The van der Waals surface area contributed by atoms with Crippen molar-refractivity contribution in [2.75, 3.05) is 7.11 Å². The zero-order chi connectivity index (χ0) is 24.9. The van der Waals surface area contributed by atoms with Crippen molar-refractivity contribution in [2.24, 2.45) is 0 Å². The summed E-state index contributed by atoms with van der Waals surface area (Å²) in [6.45, 7) is 8.65. The van der Waals surface area contributed by atoms with Crippen molar-refractivity contribution in [2.45, 2.75) is 58.5 Å². The molecule has 0 aliphatic carbocycles. The molecule has 0 radical (unpaired) electrons. The SMILES string of the molecule is CC[C@H](CC(=O)O)c1cccc(OCc2ccc(-c3cc(OC)ccc3F)c(C(C)(C)C)c2)c1. The molecule has 1 N–H and O–H groups in total. The fourth-order valence-corrected chi connectivity index (χ4v) is 4.11. The van der Waals surface area contributed by atoms with Gasteiger partial charge in [0.1, 0.15) is 23.9 Å². The zero-order valence-electron chi connectivity index (χ0n) is 20.5. The van der Waals surface area contributed by atoms with Gasteiger partial charge in [-0.2, -0.15) is 0 Å². The summed E-state index contributed by atoms with van der Waals surface area (Å²) >= 11 is 0. The molecule has 0 saturated carbocycles. The van der Waals surface area contributed by atoms with Gasteiger partial charge in [0.2, 0.25) is 0 Å². The van der Waals surface area contributed by atoms with Crippen LogP contribution in [0.25, 0.3) is 11.1 Å². The normalized spacial score (nSPS) is 12.3. The summed E-state index contributed by atoms with van der Waals surface area (Å²) in [7, 11) is 1.57. The lowest BCUT2D eigenvalue weighted by Gasteiger charge is -2.24. The minimum Gasteiger partial charge on any atom is -0.497 e. The second-order valence-corrected chi connectivity index (χ2v) is 9.54. The van der Waals surface area contributed by atoms with E-state index in [2.05, 4.69) is 26.8 Å². The second kappa shape index (κ2) is 10.7. The maximum absolute atomic E-state index is 14.7. The van der Waals surface area contributed by atoms with Crippen molar-refractivity contribution in [1.82, 2.24) is 0 Å². The molecular weight excluding hydrogens is 431 g/mol. The van der Waals surface area contributed by atoms with E-state index in [1.165, 1.54) is 6.07 Å². The molecule has 180 valence electrons. The highest BCUT2D eigenvalue weighted by atomic mass is 19.1. The summed E-state index contributed by atoms with van der Waals surface area (Å²) in [6, 6.07) is 18.4. The van der Waals surface area contributed by atoms with Gasteiger partial charge in [0.05, 0.1) is 13.5 Å². The number of halogens is 1. The number of methoxy groups -OCH3 is 1. The maximum atomic E-state index is 14.7. The summed E-state index contributed by atoms with van der Waals surface area (Å²) in [5, 5.41) is 9.18. The summed E-state index contributed by atoms with van der Waals surface area (Å²) in [5.41, 5.74) is 4.07. The van der Waals surface area contributed by atoms with Gasteiger partial charge in [-0.25, -0.2) is 4.39 Å². The third kappa shape index (κ3) is 6.16. The first kappa shape index (κ1) is 25.3. The fraction of sp³-hybridized carbons (Fsp3) is 0.345. The molecule has 0 aliphatic heterocycles. The van der Waals surface area contributed by atoms with E-state index in [0.29, 0.717) is 23.7 Å². The van der Waals surface area contributed by atoms with Crippen LogP contribution < -0.4 is 9.47 Å². The minimum absolute atomic E-state index is 0.0504. The highest BCUT2D eigenvalue weighted by Crippen LogP contribution is 2.37. The molecule has 0 saturated heterocycles. The highest BCUT2D eigenvalue weighted by molar-refractivity contribution is 5.71. The second-order valence-electron chi connectivity index (χ2n) is 9.54. The van der Waals surface area contributed by atoms with Gasteiger partial charge in [0, 0.05) is 5.56 Å². The largest absolute Gasteiger partial charge is 0.497 e. The molecule has 5 heteroatoms. The lowest BCUT2D eigenvalue weighted by atomic mass is 9.81. The molecule has 0 spiro atoms. The van der Waals surface area contributed by atoms with Crippen LogP contribution in [-0.2, 0) is 16.8 Å². The molecule has 1 atom stereocenters. The molecular formula is C29H33FO4. The van der Waals surface area contributed by atoms with Gasteiger partial charge in [0.15, 0.2) is 0 Å². The summed E-state index contributed by atoms with van der Waals surface area (Å²) < 4.78 is 26.1. The van der Waals surface area contributed by atoms with Crippen molar-refractivity contribution in [3.8, 4) is 22.6 Å². The lowest BCUT2D eigenvalue weighted by molar-refractivity contribution is -0.137. The first-order valence-corrected chi connectivity index (χ1v) is 11.5. The van der Waals surface area contributed by atoms with Crippen molar-refractivity contribution < 1.29 is 23.8 Å². The van der Waals surface area contributed by atoms with Crippen LogP contribution >= 0.6 is 0 Å². The van der Waals surface area contributed by atoms with E-state index >= 15 is 0 Å². The van der Waals surface area contributed by atoms with Gasteiger partial charge in [-0.15, -0.1) is 0 Å². The number of hydrogen-bond donors (Lipinski definition) is 1. The third-order valence-corrected chi connectivity index (χ3v) is 6.00. The summed E-state index contributed by atoms with van der Waals surface area (Å²) in [4.78, 5) is 11.2. The molecule has 0 heterocycles. The van der Waals surface area contributed by atoms with Crippen LogP contribution in [0.1, 0.15) is 63.1 Å². The van der Waals surface area contributed by atoms with Crippen LogP contribution in [0.5, 0.6) is 11.5 Å². The number of carboxylic acids is 1.